The molecule has 4 rings (SSSR count). The summed E-state index contributed by atoms with van der Waals surface area (Å²) in [5.74, 6) is 0.478. The number of hydrogen-bond acceptors (Lipinski definition) is 9. The Balaban J connectivity index is 1.46. The van der Waals surface area contributed by atoms with Gasteiger partial charge in [-0.15, -0.1) is 0 Å². The Hall–Kier alpha value is -3.93. The van der Waals surface area contributed by atoms with E-state index in [1.54, 1.807) is 50.7 Å². The summed E-state index contributed by atoms with van der Waals surface area (Å²) in [5, 5.41) is 2.79. The largest absolute Gasteiger partial charge is 0.473 e. The highest BCUT2D eigenvalue weighted by molar-refractivity contribution is 5.97. The van der Waals surface area contributed by atoms with Crippen molar-refractivity contribution in [3.05, 3.63) is 30.7 Å². The fourth-order valence-electron chi connectivity index (χ4n) is 3.46. The van der Waals surface area contributed by atoms with Crippen molar-refractivity contribution in [2.75, 3.05) is 37.9 Å². The lowest BCUT2D eigenvalue weighted by molar-refractivity contribution is -0.125. The van der Waals surface area contributed by atoms with Crippen LogP contribution in [0.3, 0.4) is 0 Å². The van der Waals surface area contributed by atoms with Crippen LogP contribution in [-0.2, 0) is 14.3 Å². The zero-order valence-corrected chi connectivity index (χ0v) is 20.1. The third-order valence-corrected chi connectivity index (χ3v) is 5.24. The molecule has 1 aliphatic heterocycles. The molecule has 1 aliphatic rings. The number of imidazole rings is 1. The molecule has 0 aliphatic carbocycles. The normalized spacial score (nSPS) is 15.5. The van der Waals surface area contributed by atoms with E-state index < -0.39 is 17.7 Å². The van der Waals surface area contributed by atoms with E-state index >= 15 is 0 Å². The number of nitrogens with zero attached hydrogens (tertiary/aromatic N) is 5. The van der Waals surface area contributed by atoms with Crippen molar-refractivity contribution in [3.63, 3.8) is 0 Å². The van der Waals surface area contributed by atoms with Gasteiger partial charge in [0.15, 0.2) is 11.6 Å². The van der Waals surface area contributed by atoms with Gasteiger partial charge >= 0.3 is 6.09 Å². The average Bonchev–Trinajstić information content (AvgIpc) is 3.14. The highest BCUT2D eigenvalue weighted by Crippen LogP contribution is 2.25. The maximum atomic E-state index is 12.8. The van der Waals surface area contributed by atoms with Gasteiger partial charge in [-0.2, -0.15) is 0 Å². The number of carbonyl (C=O) groups excluding carboxylic acids is 2. The monoisotopic (exact) mass is 483 g/mol. The van der Waals surface area contributed by atoms with Crippen molar-refractivity contribution in [2.45, 2.75) is 38.8 Å². The minimum atomic E-state index is -0.626. The van der Waals surface area contributed by atoms with E-state index in [0.29, 0.717) is 43.3 Å². The van der Waals surface area contributed by atoms with Gasteiger partial charge in [0.2, 0.25) is 5.91 Å². The first-order chi connectivity index (χ1) is 16.6. The number of hydrogen-bond donors (Lipinski definition) is 2. The van der Waals surface area contributed by atoms with Crippen molar-refractivity contribution in [1.29, 1.82) is 0 Å². The first kappa shape index (κ1) is 24.2. The van der Waals surface area contributed by atoms with Crippen LogP contribution in [0.1, 0.15) is 27.2 Å². The summed E-state index contributed by atoms with van der Waals surface area (Å²) in [5.41, 5.74) is 7.18. The van der Waals surface area contributed by atoms with E-state index in [-0.39, 0.29) is 17.6 Å². The molecule has 12 heteroatoms. The van der Waals surface area contributed by atoms with E-state index in [2.05, 4.69) is 20.3 Å². The molecule has 12 nitrogen and oxygen atoms in total. The van der Waals surface area contributed by atoms with Crippen molar-refractivity contribution in [2.24, 2.45) is 0 Å². The topological polar surface area (TPSA) is 146 Å². The van der Waals surface area contributed by atoms with Crippen LogP contribution in [-0.4, -0.2) is 74.8 Å². The molecule has 1 saturated heterocycles. The zero-order valence-electron chi connectivity index (χ0n) is 20.1. The lowest BCUT2D eigenvalue weighted by Gasteiger charge is -2.39. The number of carbonyl (C=O) groups is 2. The summed E-state index contributed by atoms with van der Waals surface area (Å²) in [4.78, 5) is 39.5. The van der Waals surface area contributed by atoms with E-state index in [9.17, 15) is 9.59 Å². The van der Waals surface area contributed by atoms with E-state index in [0.717, 1.165) is 5.56 Å². The molecular formula is C23H29N7O5. The molecule has 3 N–H and O–H groups in total. The van der Waals surface area contributed by atoms with Gasteiger partial charge in [0.1, 0.15) is 23.9 Å². The van der Waals surface area contributed by atoms with E-state index in [4.69, 9.17) is 19.9 Å². The molecule has 0 spiro atoms. The number of fused-ring (bicyclic) bond motifs is 1. The molecule has 0 bridgehead atoms. The van der Waals surface area contributed by atoms with Crippen LogP contribution in [0.15, 0.2) is 30.7 Å². The summed E-state index contributed by atoms with van der Waals surface area (Å²) >= 11 is 0. The van der Waals surface area contributed by atoms with Crippen molar-refractivity contribution >= 4 is 29.3 Å². The fraction of sp³-hybridized carbons (Fsp3) is 0.435. The molecule has 1 atom stereocenters. The van der Waals surface area contributed by atoms with E-state index in [1.165, 1.54) is 4.90 Å². The SMILES string of the molecule is COCCOc1nc(-c2ccc3nc(NC(=O)C4CCN4C(=O)OC(C)(C)C)cn3c2)cnc1N. The van der Waals surface area contributed by atoms with Gasteiger partial charge in [0, 0.05) is 25.4 Å². The predicted molar refractivity (Wildman–Crippen MR) is 128 cm³/mol. The predicted octanol–water partition coefficient (Wildman–Crippen LogP) is 2.35. The van der Waals surface area contributed by atoms with Crippen LogP contribution in [0.25, 0.3) is 16.9 Å². The first-order valence-corrected chi connectivity index (χ1v) is 11.2. The first-order valence-electron chi connectivity index (χ1n) is 11.2. The number of nitrogens with one attached hydrogen (secondary N) is 1. The van der Waals surface area contributed by atoms with Crippen LogP contribution >= 0.6 is 0 Å². The molecule has 3 aromatic heterocycles. The highest BCUT2D eigenvalue weighted by atomic mass is 16.6. The number of methoxy groups -OCH3 is 1. The number of aromatic nitrogens is 4. The summed E-state index contributed by atoms with van der Waals surface area (Å²) in [7, 11) is 1.58. The second-order valence-electron chi connectivity index (χ2n) is 9.06. The molecule has 0 aromatic carbocycles. The Kier molecular flexibility index (Phi) is 6.74. The Morgan fingerprint density at radius 1 is 1.20 bits per heavy atom. The van der Waals surface area contributed by atoms with Crippen molar-refractivity contribution < 1.29 is 23.8 Å². The summed E-state index contributed by atoms with van der Waals surface area (Å²) in [6, 6.07) is 3.04. The van der Waals surface area contributed by atoms with E-state index in [1.807, 2.05) is 12.3 Å². The summed E-state index contributed by atoms with van der Waals surface area (Å²) in [6.07, 6.45) is 5.12. The van der Waals surface area contributed by atoms with Gasteiger partial charge < -0.3 is 29.7 Å². The van der Waals surface area contributed by atoms with Crippen LogP contribution in [0, 0.1) is 0 Å². The van der Waals surface area contributed by atoms with Gasteiger partial charge in [0.05, 0.1) is 24.7 Å². The third kappa shape index (κ3) is 5.60. The Morgan fingerprint density at radius 3 is 2.69 bits per heavy atom. The summed E-state index contributed by atoms with van der Waals surface area (Å²) < 4.78 is 17.7. The number of nitrogen functional groups attached to an aromatic ring is 1. The van der Waals surface area contributed by atoms with Crippen molar-refractivity contribution in [3.8, 4) is 17.1 Å². The van der Waals surface area contributed by atoms with Crippen LogP contribution in [0.4, 0.5) is 16.4 Å². The van der Waals surface area contributed by atoms with Crippen LogP contribution in [0.2, 0.25) is 0 Å². The maximum absolute atomic E-state index is 12.8. The number of pyridine rings is 1. The smallest absolute Gasteiger partial charge is 0.410 e. The van der Waals surface area contributed by atoms with Crippen molar-refractivity contribution in [1.82, 2.24) is 24.3 Å². The second kappa shape index (κ2) is 9.74. The standard InChI is InChI=1S/C23H29N7O5/c1-23(2,3)35-22(32)30-8-7-16(30)20(31)28-17-13-29-12-14(5-6-18(29)27-17)15-11-25-19(24)21(26-15)34-10-9-33-4/h5-6,11-13,16H,7-10H2,1-4H3,(H2,24,25)(H,28,31). The number of rotatable bonds is 7. The Bertz CT molecular complexity index is 1240. The number of amides is 2. The Morgan fingerprint density at radius 2 is 2.00 bits per heavy atom. The molecule has 1 unspecified atom stereocenters. The fourth-order valence-corrected chi connectivity index (χ4v) is 3.46. The number of ether oxygens (including phenoxy) is 3. The third-order valence-electron chi connectivity index (χ3n) is 5.24. The lowest BCUT2D eigenvalue weighted by Crippen LogP contribution is -2.57. The van der Waals surface area contributed by atoms with Gasteiger partial charge in [-0.05, 0) is 39.3 Å². The molecule has 3 aromatic rings. The number of likely N-dealkylation sites (tertiary alicyclic amines) is 1. The number of nitrogens with two attached hydrogens (primary N) is 1. The molecule has 186 valence electrons. The maximum Gasteiger partial charge on any atom is 0.410 e. The van der Waals surface area contributed by atoms with Crippen LogP contribution < -0.4 is 15.8 Å². The van der Waals surface area contributed by atoms with Gasteiger partial charge in [-0.1, -0.05) is 0 Å². The molecule has 2 amide bonds. The summed E-state index contributed by atoms with van der Waals surface area (Å²) in [6.45, 7) is 6.54. The number of anilines is 2. The minimum Gasteiger partial charge on any atom is -0.473 e. The molecule has 35 heavy (non-hydrogen) atoms. The average molecular weight is 484 g/mol. The second-order valence-corrected chi connectivity index (χ2v) is 9.06. The quantitative estimate of drug-likeness (QED) is 0.483. The molecule has 1 fully saturated rings. The molecule has 0 saturated carbocycles. The lowest BCUT2D eigenvalue weighted by atomic mass is 10.0. The molecule has 0 radical (unpaired) electrons. The zero-order chi connectivity index (χ0) is 25.2. The minimum absolute atomic E-state index is 0.190. The highest BCUT2D eigenvalue weighted by Gasteiger charge is 2.40. The van der Waals surface area contributed by atoms with Gasteiger partial charge in [-0.3, -0.25) is 9.69 Å². The van der Waals surface area contributed by atoms with Gasteiger partial charge in [0.25, 0.3) is 5.88 Å². The van der Waals surface area contributed by atoms with Crippen LogP contribution in [0.5, 0.6) is 5.88 Å². The Labute approximate surface area is 202 Å². The molecular weight excluding hydrogens is 454 g/mol. The molecule has 4 heterocycles. The van der Waals surface area contributed by atoms with Gasteiger partial charge in [-0.25, -0.2) is 19.7 Å².